The van der Waals surface area contributed by atoms with E-state index in [0.717, 1.165) is 51.4 Å². The van der Waals surface area contributed by atoms with Crippen molar-refractivity contribution in [3.05, 3.63) is 4.91 Å². The Morgan fingerprint density at radius 2 is 1.24 bits per heavy atom. The molecule has 0 aromatic rings. The summed E-state index contributed by atoms with van der Waals surface area (Å²) in [5.41, 5.74) is -0.238. The van der Waals surface area contributed by atoms with Crippen LogP contribution < -0.4 is 5.32 Å². The van der Waals surface area contributed by atoms with Crippen molar-refractivity contribution >= 4 is 5.91 Å². The summed E-state index contributed by atoms with van der Waals surface area (Å²) in [7, 11) is 0. The summed E-state index contributed by atoms with van der Waals surface area (Å²) < 4.78 is 0. The molecule has 0 unspecified atom stereocenters. The van der Waals surface area contributed by atoms with Gasteiger partial charge in [0.15, 0.2) is 0 Å². The lowest BCUT2D eigenvalue weighted by atomic mass is 9.73. The van der Waals surface area contributed by atoms with Gasteiger partial charge < -0.3 is 5.32 Å². The second-order valence-corrected chi connectivity index (χ2v) is 7.47. The highest BCUT2D eigenvalue weighted by Crippen LogP contribution is 2.37. The average molecular weight is 355 g/mol. The molecule has 0 saturated heterocycles. The molecule has 0 rings (SSSR count). The number of unbranched alkanes of at least 4 members (excludes halogenated alkanes) is 8. The largest absolute Gasteiger partial charge is 0.354 e. The average Bonchev–Trinajstić information content (AvgIpc) is 2.62. The fourth-order valence-corrected chi connectivity index (χ4v) is 3.57. The lowest BCUT2D eigenvalue weighted by Crippen LogP contribution is -2.42. The van der Waals surface area contributed by atoms with Crippen LogP contribution in [0.2, 0.25) is 0 Å². The molecule has 0 heterocycles. The van der Waals surface area contributed by atoms with E-state index >= 15 is 0 Å². The van der Waals surface area contributed by atoms with Crippen molar-refractivity contribution in [2.75, 3.05) is 13.1 Å². The van der Waals surface area contributed by atoms with Gasteiger partial charge in [-0.3, -0.25) is 4.79 Å². The maximum atomic E-state index is 12.9. The van der Waals surface area contributed by atoms with E-state index in [1.165, 1.54) is 38.5 Å². The molecule has 0 aliphatic heterocycles. The monoisotopic (exact) mass is 354 g/mol. The Morgan fingerprint density at radius 3 is 1.76 bits per heavy atom. The van der Waals surface area contributed by atoms with Crippen LogP contribution in [0.5, 0.6) is 0 Å². The summed E-state index contributed by atoms with van der Waals surface area (Å²) in [5, 5.41) is 5.84. The van der Waals surface area contributed by atoms with Crippen LogP contribution in [-0.4, -0.2) is 19.0 Å². The van der Waals surface area contributed by atoms with Gasteiger partial charge in [-0.25, -0.2) is 0 Å². The second-order valence-electron chi connectivity index (χ2n) is 7.47. The minimum absolute atomic E-state index is 0.157. The number of carbonyl (C=O) groups excluding carboxylic acids is 1. The van der Waals surface area contributed by atoms with E-state index < -0.39 is 0 Å². The summed E-state index contributed by atoms with van der Waals surface area (Å²) in [5.74, 6) is 0.157. The van der Waals surface area contributed by atoms with Crippen molar-refractivity contribution in [1.29, 1.82) is 0 Å². The molecule has 0 radical (unpaired) electrons. The van der Waals surface area contributed by atoms with Crippen LogP contribution in [-0.2, 0) is 4.79 Å². The molecule has 0 aliphatic rings. The van der Waals surface area contributed by atoms with Gasteiger partial charge in [-0.05, 0) is 19.3 Å². The van der Waals surface area contributed by atoms with Gasteiger partial charge in [-0.15, -0.1) is 0 Å². The first-order valence-corrected chi connectivity index (χ1v) is 10.7. The molecule has 0 atom stereocenters. The maximum Gasteiger partial charge on any atom is 0.226 e. The molecular formula is C21H42N2O2. The van der Waals surface area contributed by atoms with Crippen LogP contribution in [0.25, 0.3) is 0 Å². The van der Waals surface area contributed by atoms with Crippen LogP contribution in [0.3, 0.4) is 0 Å². The lowest BCUT2D eigenvalue weighted by Gasteiger charge is -2.33. The normalized spacial score (nSPS) is 11.5. The highest BCUT2D eigenvalue weighted by atomic mass is 16.3. The first kappa shape index (κ1) is 24.1. The molecule has 0 fully saturated rings. The van der Waals surface area contributed by atoms with E-state index in [-0.39, 0.29) is 17.9 Å². The standard InChI is InChI=1S/C21H42N2O2/c1-4-7-10-11-12-13-14-17-21(15-8-5-2,16-9-6-3)20(24)22-18-19-23-25/h4-19H2,1-3H3,(H,22,24). The Kier molecular flexibility index (Phi) is 15.9. The van der Waals surface area contributed by atoms with Crippen molar-refractivity contribution < 1.29 is 4.79 Å². The summed E-state index contributed by atoms with van der Waals surface area (Å²) >= 11 is 0. The third kappa shape index (κ3) is 11.3. The van der Waals surface area contributed by atoms with Crippen molar-refractivity contribution in [3.8, 4) is 0 Å². The van der Waals surface area contributed by atoms with E-state index in [4.69, 9.17) is 0 Å². The van der Waals surface area contributed by atoms with Crippen LogP contribution in [0.15, 0.2) is 5.18 Å². The number of hydrogen-bond donors (Lipinski definition) is 1. The smallest absolute Gasteiger partial charge is 0.226 e. The minimum Gasteiger partial charge on any atom is -0.354 e. The molecule has 0 aromatic carbocycles. The van der Waals surface area contributed by atoms with Gasteiger partial charge >= 0.3 is 0 Å². The molecular weight excluding hydrogens is 312 g/mol. The number of rotatable bonds is 18. The molecule has 4 heteroatoms. The summed E-state index contributed by atoms with van der Waals surface area (Å²) in [6, 6.07) is 0. The third-order valence-corrected chi connectivity index (χ3v) is 5.25. The van der Waals surface area contributed by atoms with Crippen LogP contribution >= 0.6 is 0 Å². The highest BCUT2D eigenvalue weighted by Gasteiger charge is 2.36. The van der Waals surface area contributed by atoms with E-state index in [2.05, 4.69) is 31.3 Å². The summed E-state index contributed by atoms with van der Waals surface area (Å²) in [4.78, 5) is 23.2. The number of carbonyl (C=O) groups is 1. The predicted molar refractivity (Wildman–Crippen MR) is 108 cm³/mol. The Balaban J connectivity index is 4.63. The molecule has 1 amide bonds. The number of hydrogen-bond acceptors (Lipinski definition) is 3. The van der Waals surface area contributed by atoms with E-state index in [1.54, 1.807) is 0 Å². The van der Waals surface area contributed by atoms with E-state index in [1.807, 2.05) is 0 Å². The molecule has 0 aliphatic carbocycles. The summed E-state index contributed by atoms with van der Waals surface area (Å²) in [6.07, 6.45) is 16.3. The predicted octanol–water partition coefficient (Wildman–Crippen LogP) is 6.38. The highest BCUT2D eigenvalue weighted by molar-refractivity contribution is 5.82. The fourth-order valence-electron chi connectivity index (χ4n) is 3.57. The zero-order chi connectivity index (χ0) is 18.8. The molecule has 25 heavy (non-hydrogen) atoms. The van der Waals surface area contributed by atoms with Gasteiger partial charge in [-0.2, -0.15) is 4.91 Å². The van der Waals surface area contributed by atoms with Gasteiger partial charge in [0.2, 0.25) is 5.91 Å². The van der Waals surface area contributed by atoms with Gasteiger partial charge in [0.1, 0.15) is 0 Å². The first-order chi connectivity index (χ1) is 12.2. The Morgan fingerprint density at radius 1 is 0.760 bits per heavy atom. The van der Waals surface area contributed by atoms with E-state index in [0.29, 0.717) is 6.54 Å². The van der Waals surface area contributed by atoms with Gasteiger partial charge in [0, 0.05) is 12.0 Å². The number of nitroso groups, excluding NO2 is 1. The van der Waals surface area contributed by atoms with Crippen LogP contribution in [0.4, 0.5) is 0 Å². The van der Waals surface area contributed by atoms with Crippen molar-refractivity contribution in [2.24, 2.45) is 10.6 Å². The third-order valence-electron chi connectivity index (χ3n) is 5.25. The van der Waals surface area contributed by atoms with Crippen molar-refractivity contribution in [1.82, 2.24) is 5.32 Å². The Bertz CT molecular complexity index is 324. The zero-order valence-corrected chi connectivity index (χ0v) is 17.1. The van der Waals surface area contributed by atoms with Gasteiger partial charge in [0.05, 0.1) is 6.54 Å². The minimum atomic E-state index is -0.238. The maximum absolute atomic E-state index is 12.9. The molecule has 1 N–H and O–H groups in total. The molecule has 148 valence electrons. The Hall–Kier alpha value is -0.930. The lowest BCUT2D eigenvalue weighted by molar-refractivity contribution is -0.132. The van der Waals surface area contributed by atoms with Crippen LogP contribution in [0, 0.1) is 10.3 Å². The Labute approximate surface area is 155 Å². The van der Waals surface area contributed by atoms with Gasteiger partial charge in [-0.1, -0.05) is 96.6 Å². The van der Waals surface area contributed by atoms with Crippen molar-refractivity contribution in [2.45, 2.75) is 111 Å². The first-order valence-electron chi connectivity index (χ1n) is 10.7. The van der Waals surface area contributed by atoms with Gasteiger partial charge in [0.25, 0.3) is 0 Å². The van der Waals surface area contributed by atoms with Crippen LogP contribution in [0.1, 0.15) is 111 Å². The molecule has 0 bridgehead atoms. The molecule has 4 nitrogen and oxygen atoms in total. The number of nitrogens with one attached hydrogen (secondary N) is 1. The zero-order valence-electron chi connectivity index (χ0n) is 17.1. The molecule has 0 saturated carbocycles. The number of amides is 1. The van der Waals surface area contributed by atoms with Crippen molar-refractivity contribution in [3.63, 3.8) is 0 Å². The molecule has 0 spiro atoms. The quantitative estimate of drug-likeness (QED) is 0.229. The SMILES string of the molecule is CCCCCCCCCC(CCCC)(CCCC)C(=O)NCCN=O. The topological polar surface area (TPSA) is 58.5 Å². The van der Waals surface area contributed by atoms with E-state index in [9.17, 15) is 9.70 Å². The molecule has 0 aromatic heterocycles. The second kappa shape index (κ2) is 16.5. The summed E-state index contributed by atoms with van der Waals surface area (Å²) in [6.45, 7) is 7.16. The number of nitrogens with zero attached hydrogens (tertiary/aromatic N) is 1. The fraction of sp³-hybridized carbons (Fsp3) is 0.952.